The summed E-state index contributed by atoms with van der Waals surface area (Å²) in [7, 11) is 0. The van der Waals surface area contributed by atoms with Crippen molar-refractivity contribution >= 4 is 52.0 Å². The molecule has 2 aliphatic rings. The number of halogens is 1. The molecule has 0 bridgehead atoms. The van der Waals surface area contributed by atoms with E-state index >= 15 is 0 Å². The summed E-state index contributed by atoms with van der Waals surface area (Å²) in [5, 5.41) is 10.5. The lowest BCUT2D eigenvalue weighted by Crippen LogP contribution is -2.54. The molecule has 2 aromatic rings. The van der Waals surface area contributed by atoms with Crippen LogP contribution >= 0.6 is 22.6 Å². The number of carbonyl (C=O) groups excluding carboxylic acids is 2. The molecule has 30 heavy (non-hydrogen) atoms. The summed E-state index contributed by atoms with van der Waals surface area (Å²) in [5.41, 5.74) is 11.1. The van der Waals surface area contributed by atoms with Crippen molar-refractivity contribution < 1.29 is 9.59 Å². The van der Waals surface area contributed by atoms with Crippen molar-refractivity contribution in [3.8, 4) is 0 Å². The van der Waals surface area contributed by atoms with E-state index in [9.17, 15) is 9.59 Å². The number of hydrogen-bond donors (Lipinski definition) is 4. The summed E-state index contributed by atoms with van der Waals surface area (Å²) in [6.07, 6.45) is 4.89. The van der Waals surface area contributed by atoms with Gasteiger partial charge in [-0.3, -0.25) is 14.3 Å². The van der Waals surface area contributed by atoms with E-state index < -0.39 is 5.91 Å². The van der Waals surface area contributed by atoms with Gasteiger partial charge in [0.2, 0.25) is 5.91 Å². The van der Waals surface area contributed by atoms with Crippen molar-refractivity contribution in [2.24, 2.45) is 4.99 Å². The molecule has 2 fully saturated rings. The number of piperidine rings is 1. The first-order valence-corrected chi connectivity index (χ1v) is 10.4. The van der Waals surface area contributed by atoms with Crippen LogP contribution in [0.2, 0.25) is 0 Å². The number of likely N-dealkylation sites (tertiary alicyclic amines) is 1. The lowest BCUT2D eigenvalue weighted by molar-refractivity contribution is -0.133. The third-order valence-corrected chi connectivity index (χ3v) is 6.02. The maximum atomic E-state index is 12.5. The van der Waals surface area contributed by atoms with Crippen molar-refractivity contribution in [2.75, 3.05) is 31.1 Å². The summed E-state index contributed by atoms with van der Waals surface area (Å²) >= 11 is 1.88. The van der Waals surface area contributed by atoms with Crippen LogP contribution in [0.4, 0.5) is 11.6 Å². The zero-order valence-corrected chi connectivity index (χ0v) is 18.2. The second kappa shape index (κ2) is 8.04. The number of nitrogen functional groups attached to an aromatic ring is 2. The number of hydrogen-bond acceptors (Lipinski definition) is 7. The van der Waals surface area contributed by atoms with E-state index in [2.05, 4.69) is 30.7 Å². The molecule has 0 aromatic carbocycles. The Hall–Kier alpha value is -2.97. The summed E-state index contributed by atoms with van der Waals surface area (Å²) in [4.78, 5) is 38.8. The molecule has 0 unspecified atom stereocenters. The third kappa shape index (κ3) is 4.15. The Bertz CT molecular complexity index is 998. The average Bonchev–Trinajstić information content (AvgIpc) is 3.35. The summed E-state index contributed by atoms with van der Waals surface area (Å²) < 4.78 is 2.01. The fourth-order valence-electron chi connectivity index (χ4n) is 3.53. The number of rotatable bonds is 3. The van der Waals surface area contributed by atoms with Gasteiger partial charge in [-0.2, -0.15) is 10.1 Å². The molecule has 12 nitrogen and oxygen atoms in total. The number of guanidine groups is 1. The van der Waals surface area contributed by atoms with Crippen LogP contribution in [0.5, 0.6) is 0 Å². The van der Waals surface area contributed by atoms with E-state index in [-0.39, 0.29) is 35.3 Å². The van der Waals surface area contributed by atoms with E-state index in [0.717, 1.165) is 12.8 Å². The molecular weight excluding hydrogens is 503 g/mol. The highest BCUT2D eigenvalue weighted by molar-refractivity contribution is 14.1. The molecule has 0 saturated carbocycles. The minimum absolute atomic E-state index is 0.0373. The Morgan fingerprint density at radius 2 is 2.00 bits per heavy atom. The minimum atomic E-state index is -0.600. The van der Waals surface area contributed by atoms with Gasteiger partial charge in [-0.15, -0.1) is 0 Å². The van der Waals surface area contributed by atoms with Gasteiger partial charge >= 0.3 is 5.91 Å². The molecule has 2 aromatic heterocycles. The van der Waals surface area contributed by atoms with Crippen LogP contribution in [-0.4, -0.2) is 67.6 Å². The second-order valence-corrected chi connectivity index (χ2v) is 8.26. The number of aromatic nitrogens is 4. The average molecular weight is 524 g/mol. The quantitative estimate of drug-likeness (QED) is 0.375. The van der Waals surface area contributed by atoms with E-state index in [1.807, 2.05) is 27.5 Å². The van der Waals surface area contributed by atoms with E-state index in [1.54, 1.807) is 23.1 Å². The molecule has 0 aliphatic carbocycles. The molecule has 2 saturated heterocycles. The number of anilines is 2. The van der Waals surface area contributed by atoms with Crippen LogP contribution in [-0.2, 0) is 11.3 Å². The Kier molecular flexibility index (Phi) is 5.44. The Morgan fingerprint density at radius 3 is 2.70 bits per heavy atom. The summed E-state index contributed by atoms with van der Waals surface area (Å²) in [5.74, 6) is -0.0852. The normalized spacial score (nSPS) is 19.0. The molecule has 2 aliphatic heterocycles. The van der Waals surface area contributed by atoms with Crippen molar-refractivity contribution in [3.05, 3.63) is 27.9 Å². The van der Waals surface area contributed by atoms with Gasteiger partial charge in [-0.1, -0.05) is 0 Å². The standard InChI is InChI=1S/C17H21IN10O2/c18-12-14(20)24-13(19)11(23-12)15(30)25-16-21-9-17(26-16)2-6-27(7-3-17)10(29)8-28-5-1-4-22-28/h1,4-5H,2-3,6-9H2,(H4,19,20,24)(H2,21,25,26,30). The van der Waals surface area contributed by atoms with Gasteiger partial charge in [-0.25, -0.2) is 9.97 Å². The van der Waals surface area contributed by atoms with Crippen molar-refractivity contribution in [3.63, 3.8) is 0 Å². The van der Waals surface area contributed by atoms with Gasteiger partial charge < -0.3 is 27.0 Å². The van der Waals surface area contributed by atoms with Gasteiger partial charge in [-0.05, 0) is 41.5 Å². The van der Waals surface area contributed by atoms with Gasteiger partial charge in [0.1, 0.15) is 10.2 Å². The SMILES string of the molecule is Nc1nc(N)c(C(=O)/N=C2\NCC3(CCN(C(=O)Cn4cccn4)CC3)N2)nc1I. The lowest BCUT2D eigenvalue weighted by Gasteiger charge is -2.38. The Labute approximate surface area is 185 Å². The molecular formula is C17H21IN10O2. The van der Waals surface area contributed by atoms with Crippen LogP contribution in [0.3, 0.4) is 0 Å². The first kappa shape index (κ1) is 20.3. The van der Waals surface area contributed by atoms with Crippen LogP contribution < -0.4 is 22.1 Å². The predicted octanol–water partition coefficient (Wildman–Crippen LogP) is -0.807. The zero-order valence-electron chi connectivity index (χ0n) is 16.0. The zero-order chi connectivity index (χ0) is 21.3. The largest absolute Gasteiger partial charge is 0.382 e. The van der Waals surface area contributed by atoms with Crippen molar-refractivity contribution in [2.45, 2.75) is 24.9 Å². The lowest BCUT2D eigenvalue weighted by atomic mass is 9.88. The molecule has 158 valence electrons. The van der Waals surface area contributed by atoms with Gasteiger partial charge in [0, 0.05) is 32.0 Å². The molecule has 4 heterocycles. The maximum absolute atomic E-state index is 12.5. The Morgan fingerprint density at radius 1 is 1.23 bits per heavy atom. The van der Waals surface area contributed by atoms with Crippen LogP contribution in [0.15, 0.2) is 23.5 Å². The van der Waals surface area contributed by atoms with Crippen molar-refractivity contribution in [1.29, 1.82) is 0 Å². The monoisotopic (exact) mass is 524 g/mol. The first-order valence-electron chi connectivity index (χ1n) is 9.34. The maximum Gasteiger partial charge on any atom is 0.302 e. The van der Waals surface area contributed by atoms with E-state index in [4.69, 9.17) is 11.5 Å². The van der Waals surface area contributed by atoms with Gasteiger partial charge in [0.05, 0.1) is 5.54 Å². The molecule has 0 atom stereocenters. The minimum Gasteiger partial charge on any atom is -0.382 e. The van der Waals surface area contributed by atoms with Crippen LogP contribution in [0, 0.1) is 3.70 Å². The molecule has 2 amide bonds. The number of nitrogens with two attached hydrogens (primary N) is 2. The van der Waals surface area contributed by atoms with Crippen molar-refractivity contribution in [1.82, 2.24) is 35.3 Å². The van der Waals surface area contributed by atoms with Crippen LogP contribution in [0.1, 0.15) is 23.3 Å². The number of amides is 2. The third-order valence-electron chi connectivity index (χ3n) is 5.23. The van der Waals surface area contributed by atoms with Gasteiger partial charge in [0.25, 0.3) is 0 Å². The fourth-order valence-corrected chi connectivity index (χ4v) is 3.89. The first-order chi connectivity index (χ1) is 14.3. The topological polar surface area (TPSA) is 169 Å². The number of nitrogens with zero attached hydrogens (tertiary/aromatic N) is 6. The van der Waals surface area contributed by atoms with E-state index in [0.29, 0.717) is 29.3 Å². The number of aliphatic imine (C=N–C) groups is 1. The molecule has 1 spiro atoms. The van der Waals surface area contributed by atoms with Crippen LogP contribution in [0.25, 0.3) is 0 Å². The summed E-state index contributed by atoms with van der Waals surface area (Å²) in [6.45, 7) is 2.08. The molecule has 0 radical (unpaired) electrons. The Balaban J connectivity index is 1.37. The highest BCUT2D eigenvalue weighted by Crippen LogP contribution is 2.25. The number of carbonyl (C=O) groups is 2. The highest BCUT2D eigenvalue weighted by atomic mass is 127. The second-order valence-electron chi connectivity index (χ2n) is 7.24. The molecule has 6 N–H and O–H groups in total. The number of nitrogens with one attached hydrogen (secondary N) is 2. The molecule has 13 heteroatoms. The molecule has 4 rings (SSSR count). The smallest absolute Gasteiger partial charge is 0.302 e. The highest BCUT2D eigenvalue weighted by Gasteiger charge is 2.40. The summed E-state index contributed by atoms with van der Waals surface area (Å²) in [6, 6.07) is 1.79. The van der Waals surface area contributed by atoms with E-state index in [1.165, 1.54) is 0 Å². The van der Waals surface area contributed by atoms with Gasteiger partial charge in [0.15, 0.2) is 23.3 Å². The predicted molar refractivity (Wildman–Crippen MR) is 117 cm³/mol. The fraction of sp³-hybridized carbons (Fsp3) is 0.412.